The van der Waals surface area contributed by atoms with E-state index in [1.54, 1.807) is 29.0 Å². The number of hydrogen-bond acceptors (Lipinski definition) is 3. The first-order valence-electron chi connectivity index (χ1n) is 10.3. The van der Waals surface area contributed by atoms with Gasteiger partial charge in [-0.2, -0.15) is 0 Å². The van der Waals surface area contributed by atoms with Gasteiger partial charge in [-0.25, -0.2) is 0 Å². The van der Waals surface area contributed by atoms with Gasteiger partial charge in [-0.3, -0.25) is 14.5 Å². The molecule has 5 heteroatoms. The summed E-state index contributed by atoms with van der Waals surface area (Å²) in [5.41, 5.74) is 5.43. The largest absolute Gasteiger partial charge is 0.497 e. The van der Waals surface area contributed by atoms with Crippen molar-refractivity contribution in [1.29, 1.82) is 0 Å². The van der Waals surface area contributed by atoms with Crippen LogP contribution in [-0.4, -0.2) is 25.5 Å². The van der Waals surface area contributed by atoms with E-state index in [1.165, 1.54) is 0 Å². The summed E-state index contributed by atoms with van der Waals surface area (Å²) in [6.45, 7) is 5.99. The summed E-state index contributed by atoms with van der Waals surface area (Å²) in [6.07, 6.45) is 0. The van der Waals surface area contributed by atoms with E-state index in [9.17, 15) is 9.59 Å². The maximum Gasteiger partial charge on any atom is 0.255 e. The fourth-order valence-corrected chi connectivity index (χ4v) is 4.00. The summed E-state index contributed by atoms with van der Waals surface area (Å²) >= 11 is 0. The summed E-state index contributed by atoms with van der Waals surface area (Å²) in [6, 6.07) is 20.1. The van der Waals surface area contributed by atoms with E-state index in [1.807, 2.05) is 75.4 Å². The normalized spacial score (nSPS) is 16.6. The second kappa shape index (κ2) is 8.26. The van der Waals surface area contributed by atoms with E-state index in [2.05, 4.69) is 0 Å². The highest BCUT2D eigenvalue weighted by atomic mass is 16.5. The van der Waals surface area contributed by atoms with Crippen LogP contribution in [0.5, 0.6) is 5.75 Å². The molecule has 1 aliphatic rings. The minimum atomic E-state index is -0.741. The van der Waals surface area contributed by atoms with Crippen LogP contribution in [0.3, 0.4) is 0 Å². The second-order valence-electron chi connectivity index (χ2n) is 7.92. The van der Waals surface area contributed by atoms with E-state index in [0.29, 0.717) is 11.4 Å². The number of carbonyl (C=O) groups is 2. The van der Waals surface area contributed by atoms with Gasteiger partial charge in [-0.05, 0) is 67.8 Å². The molecule has 3 aromatic carbocycles. The van der Waals surface area contributed by atoms with Crippen molar-refractivity contribution in [3.63, 3.8) is 0 Å². The summed E-state index contributed by atoms with van der Waals surface area (Å²) in [5, 5.41) is 0. The minimum absolute atomic E-state index is 0.00246. The van der Waals surface area contributed by atoms with E-state index in [0.717, 1.165) is 27.9 Å². The maximum absolute atomic E-state index is 13.8. The lowest BCUT2D eigenvalue weighted by atomic mass is 9.97. The Hall–Kier alpha value is -3.60. The molecule has 1 atom stereocenters. The number of piperazine rings is 1. The lowest BCUT2D eigenvalue weighted by molar-refractivity contribution is -0.128. The average Bonchev–Trinajstić information content (AvgIpc) is 2.78. The standard InChI is InChI=1S/C26H26N2O3/c1-17-8-10-20(11-9-17)25-26(30)27(23-7-5-6-18(2)19(23)3)16-24(29)28(25)21-12-14-22(31-4)15-13-21/h5-15,25H,16H2,1-4H3/t25-/m0/s1. The van der Waals surface area contributed by atoms with Gasteiger partial charge in [0.05, 0.1) is 7.11 Å². The number of ether oxygens (including phenoxy) is 1. The molecule has 1 fully saturated rings. The van der Waals surface area contributed by atoms with Crippen molar-refractivity contribution in [2.75, 3.05) is 23.5 Å². The van der Waals surface area contributed by atoms with Crippen molar-refractivity contribution in [2.24, 2.45) is 0 Å². The van der Waals surface area contributed by atoms with Gasteiger partial charge < -0.3 is 9.64 Å². The maximum atomic E-state index is 13.8. The number of methoxy groups -OCH3 is 1. The molecule has 0 unspecified atom stereocenters. The minimum Gasteiger partial charge on any atom is -0.497 e. The van der Waals surface area contributed by atoms with Crippen LogP contribution in [0.1, 0.15) is 28.3 Å². The zero-order valence-corrected chi connectivity index (χ0v) is 18.3. The predicted molar refractivity (Wildman–Crippen MR) is 123 cm³/mol. The molecule has 4 rings (SSSR count). The SMILES string of the molecule is COc1ccc(N2C(=O)CN(c3cccc(C)c3C)C(=O)[C@@H]2c2ccc(C)cc2)cc1. The molecule has 31 heavy (non-hydrogen) atoms. The number of hydrogen-bond donors (Lipinski definition) is 0. The molecule has 1 heterocycles. The first-order chi connectivity index (χ1) is 14.9. The molecule has 0 spiro atoms. The van der Waals surface area contributed by atoms with Gasteiger partial charge in [0.1, 0.15) is 18.3 Å². The number of aryl methyl sites for hydroxylation is 2. The van der Waals surface area contributed by atoms with Crippen LogP contribution in [0.15, 0.2) is 66.7 Å². The number of carbonyl (C=O) groups excluding carboxylic acids is 2. The van der Waals surface area contributed by atoms with Gasteiger partial charge in [-0.1, -0.05) is 42.0 Å². The smallest absolute Gasteiger partial charge is 0.255 e. The van der Waals surface area contributed by atoms with Crippen molar-refractivity contribution in [3.8, 4) is 5.75 Å². The Labute approximate surface area is 182 Å². The van der Waals surface area contributed by atoms with E-state index in [-0.39, 0.29) is 18.4 Å². The Morgan fingerprint density at radius 3 is 2.19 bits per heavy atom. The Balaban J connectivity index is 1.82. The van der Waals surface area contributed by atoms with Crippen LogP contribution in [0.25, 0.3) is 0 Å². The van der Waals surface area contributed by atoms with Crippen molar-refractivity contribution in [1.82, 2.24) is 0 Å². The first kappa shape index (κ1) is 20.7. The molecule has 158 valence electrons. The lowest BCUT2D eigenvalue weighted by Crippen LogP contribution is -2.56. The number of rotatable bonds is 4. The molecular formula is C26H26N2O3. The van der Waals surface area contributed by atoms with Gasteiger partial charge in [0.25, 0.3) is 5.91 Å². The van der Waals surface area contributed by atoms with E-state index in [4.69, 9.17) is 4.74 Å². The first-order valence-corrected chi connectivity index (χ1v) is 10.3. The van der Waals surface area contributed by atoms with Crippen molar-refractivity contribution < 1.29 is 14.3 Å². The third-order valence-electron chi connectivity index (χ3n) is 5.93. The second-order valence-corrected chi connectivity index (χ2v) is 7.92. The van der Waals surface area contributed by atoms with Gasteiger partial charge in [-0.15, -0.1) is 0 Å². The molecule has 0 aromatic heterocycles. The van der Waals surface area contributed by atoms with Crippen LogP contribution >= 0.6 is 0 Å². The Morgan fingerprint density at radius 2 is 1.55 bits per heavy atom. The zero-order valence-electron chi connectivity index (χ0n) is 18.3. The molecule has 5 nitrogen and oxygen atoms in total. The molecule has 0 radical (unpaired) electrons. The highest BCUT2D eigenvalue weighted by Crippen LogP contribution is 2.36. The summed E-state index contributed by atoms with van der Waals surface area (Å²) < 4.78 is 5.25. The Bertz CT molecular complexity index is 1120. The number of anilines is 2. The van der Waals surface area contributed by atoms with Crippen LogP contribution in [0, 0.1) is 20.8 Å². The molecule has 0 aliphatic carbocycles. The van der Waals surface area contributed by atoms with Gasteiger partial charge in [0.15, 0.2) is 0 Å². The summed E-state index contributed by atoms with van der Waals surface area (Å²) in [4.78, 5) is 30.5. The van der Waals surface area contributed by atoms with Gasteiger partial charge >= 0.3 is 0 Å². The van der Waals surface area contributed by atoms with Crippen LogP contribution in [0.2, 0.25) is 0 Å². The summed E-state index contributed by atoms with van der Waals surface area (Å²) in [5.74, 6) is 0.452. The number of nitrogens with zero attached hydrogens (tertiary/aromatic N) is 2. The van der Waals surface area contributed by atoms with E-state index < -0.39 is 6.04 Å². The molecule has 0 bridgehead atoms. The average molecular weight is 415 g/mol. The van der Waals surface area contributed by atoms with Crippen LogP contribution in [-0.2, 0) is 9.59 Å². The Morgan fingerprint density at radius 1 is 0.871 bits per heavy atom. The van der Waals surface area contributed by atoms with Gasteiger partial charge in [0.2, 0.25) is 5.91 Å². The Kier molecular flexibility index (Phi) is 5.51. The van der Waals surface area contributed by atoms with Crippen LogP contribution in [0.4, 0.5) is 11.4 Å². The molecule has 0 N–H and O–H groups in total. The molecule has 0 saturated carbocycles. The fraction of sp³-hybridized carbons (Fsp3) is 0.231. The van der Waals surface area contributed by atoms with E-state index >= 15 is 0 Å². The molecular weight excluding hydrogens is 388 g/mol. The summed E-state index contributed by atoms with van der Waals surface area (Å²) in [7, 11) is 1.60. The highest BCUT2D eigenvalue weighted by Gasteiger charge is 2.42. The van der Waals surface area contributed by atoms with Crippen molar-refractivity contribution >= 4 is 23.2 Å². The quantitative estimate of drug-likeness (QED) is 0.620. The number of amides is 2. The predicted octanol–water partition coefficient (Wildman–Crippen LogP) is 4.74. The third kappa shape index (κ3) is 3.79. The number of benzene rings is 3. The van der Waals surface area contributed by atoms with Crippen molar-refractivity contribution in [3.05, 3.63) is 89.0 Å². The van der Waals surface area contributed by atoms with Crippen molar-refractivity contribution in [2.45, 2.75) is 26.8 Å². The molecule has 1 saturated heterocycles. The third-order valence-corrected chi connectivity index (χ3v) is 5.93. The highest BCUT2D eigenvalue weighted by molar-refractivity contribution is 6.14. The van der Waals surface area contributed by atoms with Crippen LogP contribution < -0.4 is 14.5 Å². The zero-order chi connectivity index (χ0) is 22.1. The monoisotopic (exact) mass is 414 g/mol. The lowest BCUT2D eigenvalue weighted by Gasteiger charge is -2.41. The topological polar surface area (TPSA) is 49.9 Å². The fourth-order valence-electron chi connectivity index (χ4n) is 4.00. The molecule has 2 amide bonds. The molecule has 3 aromatic rings. The van der Waals surface area contributed by atoms with Gasteiger partial charge in [0, 0.05) is 11.4 Å². The molecule has 1 aliphatic heterocycles.